The Kier molecular flexibility index (Phi) is 7.00. The lowest BCUT2D eigenvalue weighted by Crippen LogP contribution is -2.41. The van der Waals surface area contributed by atoms with E-state index in [0.717, 1.165) is 12.8 Å². The van der Waals surface area contributed by atoms with Crippen LogP contribution in [0.1, 0.15) is 35.7 Å². The third-order valence-electron chi connectivity index (χ3n) is 4.88. The Balaban J connectivity index is 1.43. The van der Waals surface area contributed by atoms with Crippen molar-refractivity contribution in [1.29, 1.82) is 0 Å². The fourth-order valence-electron chi connectivity index (χ4n) is 3.29. The number of esters is 1. The molecule has 152 valence electrons. The van der Waals surface area contributed by atoms with E-state index in [1.165, 1.54) is 0 Å². The molecule has 2 aromatic rings. The summed E-state index contributed by atoms with van der Waals surface area (Å²) >= 11 is 0. The predicted octanol–water partition coefficient (Wildman–Crippen LogP) is 3.10. The lowest BCUT2D eigenvalue weighted by Gasteiger charge is -2.30. The van der Waals surface area contributed by atoms with Crippen molar-refractivity contribution < 1.29 is 23.9 Å². The third-order valence-corrected chi connectivity index (χ3v) is 4.88. The normalized spacial score (nSPS) is 16.2. The van der Waals surface area contributed by atoms with Crippen molar-refractivity contribution in [3.8, 4) is 5.75 Å². The number of hydrogen-bond acceptors (Lipinski definition) is 5. The van der Waals surface area contributed by atoms with Gasteiger partial charge in [-0.1, -0.05) is 37.3 Å². The number of benzene rings is 2. The second-order valence-electron chi connectivity index (χ2n) is 7.26. The van der Waals surface area contributed by atoms with Crippen LogP contribution in [-0.4, -0.2) is 48.9 Å². The van der Waals surface area contributed by atoms with Gasteiger partial charge in [0.2, 0.25) is 0 Å². The van der Waals surface area contributed by atoms with Gasteiger partial charge in [-0.05, 0) is 43.0 Å². The zero-order valence-electron chi connectivity index (χ0n) is 16.5. The highest BCUT2D eigenvalue weighted by atomic mass is 16.6. The molecule has 0 aliphatic carbocycles. The summed E-state index contributed by atoms with van der Waals surface area (Å²) < 4.78 is 10.4. The Morgan fingerprint density at radius 3 is 2.34 bits per heavy atom. The summed E-state index contributed by atoms with van der Waals surface area (Å²) in [7, 11) is 0. The van der Waals surface area contributed by atoms with Crippen LogP contribution in [0.4, 0.5) is 0 Å². The van der Waals surface area contributed by atoms with Crippen molar-refractivity contribution in [1.82, 2.24) is 4.90 Å². The Morgan fingerprint density at radius 2 is 1.66 bits per heavy atom. The van der Waals surface area contributed by atoms with E-state index in [1.807, 2.05) is 18.2 Å². The maximum Gasteiger partial charge on any atom is 0.344 e. The highest BCUT2D eigenvalue weighted by molar-refractivity contribution is 6.08. The van der Waals surface area contributed by atoms with E-state index in [4.69, 9.17) is 9.47 Å². The SMILES string of the molecule is C[C@@H]1CCCN(C(=O)COC(=O)COc2ccc(C(=O)c3ccccc3)cc2)C1. The van der Waals surface area contributed by atoms with Crippen LogP contribution in [0.25, 0.3) is 0 Å². The molecule has 0 saturated carbocycles. The summed E-state index contributed by atoms with van der Waals surface area (Å²) in [6, 6.07) is 15.6. The van der Waals surface area contributed by atoms with Gasteiger partial charge in [0.25, 0.3) is 5.91 Å². The van der Waals surface area contributed by atoms with Crippen LogP contribution in [0.2, 0.25) is 0 Å². The van der Waals surface area contributed by atoms with Gasteiger partial charge >= 0.3 is 5.97 Å². The summed E-state index contributed by atoms with van der Waals surface area (Å²) in [5.41, 5.74) is 1.14. The van der Waals surface area contributed by atoms with Crippen molar-refractivity contribution in [2.75, 3.05) is 26.3 Å². The Hall–Kier alpha value is -3.15. The van der Waals surface area contributed by atoms with Crippen LogP contribution in [0.15, 0.2) is 54.6 Å². The lowest BCUT2D eigenvalue weighted by molar-refractivity contribution is -0.154. The first-order valence-electron chi connectivity index (χ1n) is 9.79. The van der Waals surface area contributed by atoms with Crippen LogP contribution in [-0.2, 0) is 14.3 Å². The average molecular weight is 395 g/mol. The first-order valence-corrected chi connectivity index (χ1v) is 9.79. The number of hydrogen-bond donors (Lipinski definition) is 0. The van der Waals surface area contributed by atoms with Gasteiger partial charge in [0.1, 0.15) is 5.75 Å². The summed E-state index contributed by atoms with van der Waals surface area (Å²) in [5, 5.41) is 0. The molecular formula is C23H25NO5. The molecule has 6 heteroatoms. The second kappa shape index (κ2) is 9.87. The Labute approximate surface area is 170 Å². The van der Waals surface area contributed by atoms with Crippen LogP contribution in [0.3, 0.4) is 0 Å². The van der Waals surface area contributed by atoms with E-state index in [-0.39, 0.29) is 24.9 Å². The van der Waals surface area contributed by atoms with Gasteiger partial charge in [0.15, 0.2) is 19.0 Å². The molecule has 0 unspecified atom stereocenters. The minimum Gasteiger partial charge on any atom is -0.482 e. The van der Waals surface area contributed by atoms with Gasteiger partial charge in [0, 0.05) is 24.2 Å². The minimum atomic E-state index is -0.604. The minimum absolute atomic E-state index is 0.0814. The molecule has 0 radical (unpaired) electrons. The molecule has 2 aromatic carbocycles. The molecule has 0 N–H and O–H groups in total. The zero-order valence-corrected chi connectivity index (χ0v) is 16.5. The van der Waals surface area contributed by atoms with Crippen LogP contribution in [0.5, 0.6) is 5.75 Å². The van der Waals surface area contributed by atoms with E-state index in [1.54, 1.807) is 41.3 Å². The molecule has 0 aromatic heterocycles. The van der Waals surface area contributed by atoms with Gasteiger partial charge in [-0.25, -0.2) is 4.79 Å². The Morgan fingerprint density at radius 1 is 0.966 bits per heavy atom. The summed E-state index contributed by atoms with van der Waals surface area (Å²) in [6.07, 6.45) is 2.10. The first-order chi connectivity index (χ1) is 14.0. The number of ether oxygens (including phenoxy) is 2. The smallest absolute Gasteiger partial charge is 0.344 e. The van der Waals surface area contributed by atoms with Crippen molar-refractivity contribution >= 4 is 17.7 Å². The van der Waals surface area contributed by atoms with Gasteiger partial charge in [-0.15, -0.1) is 0 Å². The molecule has 3 rings (SSSR count). The fraction of sp³-hybridized carbons (Fsp3) is 0.348. The van der Waals surface area contributed by atoms with Crippen molar-refractivity contribution in [3.05, 3.63) is 65.7 Å². The fourth-order valence-corrected chi connectivity index (χ4v) is 3.29. The van der Waals surface area contributed by atoms with E-state index in [9.17, 15) is 14.4 Å². The number of carbonyl (C=O) groups excluding carboxylic acids is 3. The molecule has 0 bridgehead atoms. The zero-order chi connectivity index (χ0) is 20.6. The van der Waals surface area contributed by atoms with Gasteiger partial charge in [-0.3, -0.25) is 9.59 Å². The standard InChI is InChI=1S/C23H25NO5/c1-17-6-5-13-24(14-17)21(25)15-29-22(26)16-28-20-11-9-19(10-12-20)23(27)18-7-3-2-4-8-18/h2-4,7-12,17H,5-6,13-16H2,1H3/t17-/m1/s1. The van der Waals surface area contributed by atoms with E-state index >= 15 is 0 Å². The van der Waals surface area contributed by atoms with E-state index in [2.05, 4.69) is 6.92 Å². The van der Waals surface area contributed by atoms with Crippen LogP contribution in [0, 0.1) is 5.92 Å². The largest absolute Gasteiger partial charge is 0.482 e. The number of amides is 1. The Bertz CT molecular complexity index is 847. The molecule has 0 spiro atoms. The van der Waals surface area contributed by atoms with Crippen molar-refractivity contribution in [3.63, 3.8) is 0 Å². The molecule has 1 aliphatic heterocycles. The van der Waals surface area contributed by atoms with E-state index < -0.39 is 5.97 Å². The maximum atomic E-state index is 12.4. The summed E-state index contributed by atoms with van der Waals surface area (Å²) in [5.74, 6) is 0.0647. The topological polar surface area (TPSA) is 72.9 Å². The number of carbonyl (C=O) groups is 3. The highest BCUT2D eigenvalue weighted by Gasteiger charge is 2.21. The van der Waals surface area contributed by atoms with Gasteiger partial charge in [0.05, 0.1) is 0 Å². The van der Waals surface area contributed by atoms with Gasteiger partial charge < -0.3 is 14.4 Å². The number of piperidine rings is 1. The lowest BCUT2D eigenvalue weighted by atomic mass is 10.0. The number of nitrogens with zero attached hydrogens (tertiary/aromatic N) is 1. The quantitative estimate of drug-likeness (QED) is 0.532. The molecular weight excluding hydrogens is 370 g/mol. The average Bonchev–Trinajstić information content (AvgIpc) is 2.76. The van der Waals surface area contributed by atoms with Crippen molar-refractivity contribution in [2.24, 2.45) is 5.92 Å². The second-order valence-corrected chi connectivity index (χ2v) is 7.26. The molecule has 6 nitrogen and oxygen atoms in total. The maximum absolute atomic E-state index is 12.4. The third kappa shape index (κ3) is 5.91. The van der Waals surface area contributed by atoms with E-state index in [0.29, 0.717) is 35.9 Å². The molecule has 1 saturated heterocycles. The molecule has 1 heterocycles. The summed E-state index contributed by atoms with van der Waals surface area (Å²) in [6.45, 7) is 2.97. The number of ketones is 1. The highest BCUT2D eigenvalue weighted by Crippen LogP contribution is 2.16. The van der Waals surface area contributed by atoms with Crippen LogP contribution >= 0.6 is 0 Å². The predicted molar refractivity (Wildman–Crippen MR) is 108 cm³/mol. The summed E-state index contributed by atoms with van der Waals surface area (Å²) in [4.78, 5) is 38.1. The first kappa shape index (κ1) is 20.6. The number of rotatable bonds is 7. The van der Waals surface area contributed by atoms with Gasteiger partial charge in [-0.2, -0.15) is 0 Å². The molecule has 1 fully saturated rings. The molecule has 1 atom stereocenters. The number of likely N-dealkylation sites (tertiary alicyclic amines) is 1. The molecule has 1 aliphatic rings. The monoisotopic (exact) mass is 395 g/mol. The van der Waals surface area contributed by atoms with Crippen LogP contribution < -0.4 is 4.74 Å². The molecule has 1 amide bonds. The van der Waals surface area contributed by atoms with Crippen molar-refractivity contribution in [2.45, 2.75) is 19.8 Å². The molecule has 29 heavy (non-hydrogen) atoms.